The number of nitrogens with zero attached hydrogens (tertiary/aromatic N) is 3. The number of fused-ring (bicyclic) bond motifs is 1. The molecule has 0 fully saturated rings. The largest absolute Gasteiger partial charge is 0.310 e. The molecule has 0 amide bonds. The van der Waals surface area contributed by atoms with Crippen LogP contribution in [-0.4, -0.2) is 26.4 Å². The van der Waals surface area contributed by atoms with Crippen LogP contribution >= 0.6 is 0 Å². The first kappa shape index (κ1) is 15.8. The predicted octanol–water partition coefficient (Wildman–Crippen LogP) is 2.16. The molecular formula is C17H21FN4O. The molecule has 6 heteroatoms. The van der Waals surface area contributed by atoms with E-state index < -0.39 is 0 Å². The Morgan fingerprint density at radius 2 is 2.17 bits per heavy atom. The molecular weight excluding hydrogens is 295 g/mol. The SMILES string of the molecule is CC(C)(C)c1nc2c(c(=O)[nH]1)CN(Cc1ccncc1F)CC2. The number of pyridine rings is 1. The Morgan fingerprint density at radius 3 is 2.87 bits per heavy atom. The van der Waals surface area contributed by atoms with E-state index >= 15 is 0 Å². The van der Waals surface area contributed by atoms with Gasteiger partial charge < -0.3 is 4.98 Å². The highest BCUT2D eigenvalue weighted by Crippen LogP contribution is 2.21. The van der Waals surface area contributed by atoms with E-state index in [1.807, 2.05) is 20.8 Å². The second-order valence-corrected chi connectivity index (χ2v) is 7.02. The van der Waals surface area contributed by atoms with E-state index in [2.05, 4.69) is 19.9 Å². The molecule has 3 rings (SSSR count). The van der Waals surface area contributed by atoms with Gasteiger partial charge >= 0.3 is 0 Å². The van der Waals surface area contributed by atoms with Crippen molar-refractivity contribution in [2.45, 2.75) is 45.7 Å². The van der Waals surface area contributed by atoms with Gasteiger partial charge in [0, 0.05) is 43.2 Å². The average molecular weight is 316 g/mol. The van der Waals surface area contributed by atoms with Crippen molar-refractivity contribution in [3.8, 4) is 0 Å². The molecule has 1 N–H and O–H groups in total. The smallest absolute Gasteiger partial charge is 0.255 e. The molecule has 0 saturated carbocycles. The van der Waals surface area contributed by atoms with Crippen molar-refractivity contribution in [2.75, 3.05) is 6.54 Å². The van der Waals surface area contributed by atoms with Gasteiger partial charge in [0.05, 0.1) is 17.5 Å². The lowest BCUT2D eigenvalue weighted by atomic mass is 9.95. The second-order valence-electron chi connectivity index (χ2n) is 7.02. The fourth-order valence-electron chi connectivity index (χ4n) is 2.74. The van der Waals surface area contributed by atoms with E-state index in [1.165, 1.54) is 6.20 Å². The lowest BCUT2D eigenvalue weighted by molar-refractivity contribution is 0.237. The number of hydrogen-bond acceptors (Lipinski definition) is 4. The van der Waals surface area contributed by atoms with Gasteiger partial charge in [-0.2, -0.15) is 0 Å². The highest BCUT2D eigenvalue weighted by molar-refractivity contribution is 5.23. The van der Waals surface area contributed by atoms with E-state index in [0.717, 1.165) is 18.1 Å². The summed E-state index contributed by atoms with van der Waals surface area (Å²) in [4.78, 5) is 25.7. The fraction of sp³-hybridized carbons (Fsp3) is 0.471. The lowest BCUT2D eigenvalue weighted by Gasteiger charge is -2.29. The summed E-state index contributed by atoms with van der Waals surface area (Å²) in [6, 6.07) is 1.68. The van der Waals surface area contributed by atoms with Crippen LogP contribution in [0, 0.1) is 5.82 Å². The molecule has 0 spiro atoms. The highest BCUT2D eigenvalue weighted by atomic mass is 19.1. The van der Waals surface area contributed by atoms with Crippen LogP contribution in [0.25, 0.3) is 0 Å². The average Bonchev–Trinajstić information content (AvgIpc) is 2.49. The summed E-state index contributed by atoms with van der Waals surface area (Å²) < 4.78 is 13.7. The van der Waals surface area contributed by atoms with Gasteiger partial charge in [0.25, 0.3) is 5.56 Å². The van der Waals surface area contributed by atoms with Gasteiger partial charge in [-0.1, -0.05) is 20.8 Å². The standard InChI is InChI=1S/C17H21FN4O/c1-17(2,3)16-20-14-5-7-22(10-12(14)15(23)21-16)9-11-4-6-19-8-13(11)18/h4,6,8H,5,7,9-10H2,1-3H3,(H,20,21,23). The molecule has 0 atom stereocenters. The van der Waals surface area contributed by atoms with E-state index in [1.54, 1.807) is 12.3 Å². The van der Waals surface area contributed by atoms with Crippen molar-refractivity contribution in [3.63, 3.8) is 0 Å². The van der Waals surface area contributed by atoms with Crippen molar-refractivity contribution in [1.82, 2.24) is 19.9 Å². The number of halogens is 1. The van der Waals surface area contributed by atoms with E-state index in [-0.39, 0.29) is 16.8 Å². The zero-order valence-electron chi connectivity index (χ0n) is 13.7. The summed E-state index contributed by atoms with van der Waals surface area (Å²) in [7, 11) is 0. The molecule has 3 heterocycles. The summed E-state index contributed by atoms with van der Waals surface area (Å²) in [5.74, 6) is 0.406. The van der Waals surface area contributed by atoms with Crippen molar-refractivity contribution in [2.24, 2.45) is 0 Å². The molecule has 122 valence electrons. The number of nitrogens with one attached hydrogen (secondary N) is 1. The van der Waals surface area contributed by atoms with E-state index in [9.17, 15) is 9.18 Å². The zero-order valence-corrected chi connectivity index (χ0v) is 13.7. The van der Waals surface area contributed by atoms with Crippen LogP contribution in [0.2, 0.25) is 0 Å². The minimum Gasteiger partial charge on any atom is -0.310 e. The molecule has 2 aromatic rings. The van der Waals surface area contributed by atoms with Crippen molar-refractivity contribution in [3.05, 3.63) is 57.3 Å². The number of aromatic nitrogens is 3. The summed E-state index contributed by atoms with van der Waals surface area (Å²) >= 11 is 0. The van der Waals surface area contributed by atoms with Crippen LogP contribution in [0.4, 0.5) is 4.39 Å². The van der Waals surface area contributed by atoms with Crippen LogP contribution in [0.3, 0.4) is 0 Å². The number of H-pyrrole nitrogens is 1. The Morgan fingerprint density at radius 1 is 1.39 bits per heavy atom. The first-order valence-corrected chi connectivity index (χ1v) is 7.78. The van der Waals surface area contributed by atoms with Crippen LogP contribution in [0.5, 0.6) is 0 Å². The molecule has 0 saturated heterocycles. The Kier molecular flexibility index (Phi) is 4.02. The first-order chi connectivity index (χ1) is 10.8. The normalized spacial score (nSPS) is 15.5. The third kappa shape index (κ3) is 3.32. The molecule has 5 nitrogen and oxygen atoms in total. The molecule has 0 unspecified atom stereocenters. The maximum Gasteiger partial charge on any atom is 0.255 e. The van der Waals surface area contributed by atoms with Crippen LogP contribution < -0.4 is 5.56 Å². The predicted molar refractivity (Wildman–Crippen MR) is 85.6 cm³/mol. The highest BCUT2D eigenvalue weighted by Gasteiger charge is 2.25. The lowest BCUT2D eigenvalue weighted by Crippen LogP contribution is -2.37. The minimum absolute atomic E-state index is 0.0835. The van der Waals surface area contributed by atoms with E-state index in [4.69, 9.17) is 0 Å². The molecule has 0 bridgehead atoms. The molecule has 0 aromatic carbocycles. The summed E-state index contributed by atoms with van der Waals surface area (Å²) in [5.41, 5.74) is 1.88. The van der Waals surface area contributed by atoms with Crippen molar-refractivity contribution in [1.29, 1.82) is 0 Å². The van der Waals surface area contributed by atoms with Gasteiger partial charge in [-0.05, 0) is 6.07 Å². The molecule has 2 aromatic heterocycles. The van der Waals surface area contributed by atoms with Gasteiger partial charge in [0.15, 0.2) is 0 Å². The molecule has 23 heavy (non-hydrogen) atoms. The minimum atomic E-state index is -0.312. The Balaban J connectivity index is 1.84. The van der Waals surface area contributed by atoms with E-state index in [0.29, 0.717) is 30.6 Å². The summed E-state index contributed by atoms with van der Waals surface area (Å²) in [5, 5.41) is 0. The topological polar surface area (TPSA) is 61.9 Å². The fourth-order valence-corrected chi connectivity index (χ4v) is 2.74. The van der Waals surface area contributed by atoms with Gasteiger partial charge in [-0.25, -0.2) is 9.37 Å². The number of rotatable bonds is 2. The quantitative estimate of drug-likeness (QED) is 0.922. The maximum atomic E-state index is 13.7. The summed E-state index contributed by atoms with van der Waals surface area (Å²) in [6.45, 7) is 7.80. The third-order valence-corrected chi connectivity index (χ3v) is 4.11. The molecule has 1 aliphatic rings. The first-order valence-electron chi connectivity index (χ1n) is 7.78. The van der Waals surface area contributed by atoms with Crippen molar-refractivity contribution < 1.29 is 4.39 Å². The van der Waals surface area contributed by atoms with Gasteiger partial charge in [-0.3, -0.25) is 14.7 Å². The van der Waals surface area contributed by atoms with Crippen molar-refractivity contribution >= 4 is 0 Å². The Hall–Kier alpha value is -2.08. The number of aromatic amines is 1. The Labute approximate surface area is 134 Å². The third-order valence-electron chi connectivity index (χ3n) is 4.11. The van der Waals surface area contributed by atoms with Crippen LogP contribution in [0.1, 0.15) is 43.4 Å². The zero-order chi connectivity index (χ0) is 16.6. The number of hydrogen-bond donors (Lipinski definition) is 1. The van der Waals surface area contributed by atoms with Crippen LogP contribution in [0.15, 0.2) is 23.3 Å². The van der Waals surface area contributed by atoms with Gasteiger partial charge in [0.1, 0.15) is 11.6 Å². The molecule has 0 radical (unpaired) electrons. The maximum absolute atomic E-state index is 13.7. The monoisotopic (exact) mass is 316 g/mol. The van der Waals surface area contributed by atoms with Crippen LogP contribution in [-0.2, 0) is 24.9 Å². The summed E-state index contributed by atoms with van der Waals surface area (Å²) in [6.07, 6.45) is 3.51. The molecule has 0 aliphatic carbocycles. The Bertz CT molecular complexity index is 779. The molecule has 1 aliphatic heterocycles. The second kappa shape index (κ2) is 5.85. The van der Waals surface area contributed by atoms with Gasteiger partial charge in [-0.15, -0.1) is 0 Å². The van der Waals surface area contributed by atoms with Gasteiger partial charge in [0.2, 0.25) is 0 Å².